The number of benzene rings is 3. The molecule has 0 heterocycles. The van der Waals surface area contributed by atoms with Crippen LogP contribution in [0.15, 0.2) is 42.5 Å². The summed E-state index contributed by atoms with van der Waals surface area (Å²) in [6.45, 7) is 3.62. The van der Waals surface area contributed by atoms with Gasteiger partial charge in [-0.3, -0.25) is 0 Å². The molecule has 0 spiro atoms. The summed E-state index contributed by atoms with van der Waals surface area (Å²) in [5.41, 5.74) is 0.288. The number of halogens is 6. The van der Waals surface area contributed by atoms with Crippen LogP contribution >= 0.6 is 0 Å². The van der Waals surface area contributed by atoms with Crippen molar-refractivity contribution in [2.75, 3.05) is 6.61 Å². The van der Waals surface area contributed by atoms with E-state index in [0.717, 1.165) is 6.42 Å². The van der Waals surface area contributed by atoms with Crippen molar-refractivity contribution < 1.29 is 31.1 Å². The van der Waals surface area contributed by atoms with Crippen molar-refractivity contribution in [3.05, 3.63) is 94.1 Å². The molecule has 0 aliphatic heterocycles. The molecular formula is C29H26F6O. The summed E-state index contributed by atoms with van der Waals surface area (Å²) < 4.78 is 92.8. The minimum atomic E-state index is -1.31. The van der Waals surface area contributed by atoms with Crippen LogP contribution < -0.4 is 4.74 Å². The van der Waals surface area contributed by atoms with Gasteiger partial charge in [-0.2, -0.15) is 4.39 Å². The minimum Gasteiger partial charge on any atom is -0.490 e. The van der Waals surface area contributed by atoms with Crippen molar-refractivity contribution in [3.63, 3.8) is 0 Å². The van der Waals surface area contributed by atoms with E-state index in [2.05, 4.69) is 0 Å². The molecule has 0 aromatic heterocycles. The fourth-order valence-electron chi connectivity index (χ4n) is 4.52. The molecule has 0 saturated carbocycles. The van der Waals surface area contributed by atoms with E-state index >= 15 is 8.78 Å². The van der Waals surface area contributed by atoms with Crippen molar-refractivity contribution >= 4 is 5.57 Å². The van der Waals surface area contributed by atoms with Gasteiger partial charge in [0.2, 0.25) is 5.82 Å². The van der Waals surface area contributed by atoms with Gasteiger partial charge in [-0.25, -0.2) is 22.0 Å². The number of hydrogen-bond acceptors (Lipinski definition) is 1. The van der Waals surface area contributed by atoms with Crippen molar-refractivity contribution in [1.29, 1.82) is 0 Å². The van der Waals surface area contributed by atoms with E-state index in [9.17, 15) is 17.6 Å². The molecule has 3 aromatic carbocycles. The van der Waals surface area contributed by atoms with Gasteiger partial charge in [-0.1, -0.05) is 43.7 Å². The van der Waals surface area contributed by atoms with E-state index in [4.69, 9.17) is 4.74 Å². The van der Waals surface area contributed by atoms with Crippen LogP contribution in [0.2, 0.25) is 0 Å². The molecular weight excluding hydrogens is 478 g/mol. The first kappa shape index (κ1) is 25.9. The maximum atomic E-state index is 15.1. The molecule has 7 heteroatoms. The lowest BCUT2D eigenvalue weighted by molar-refractivity contribution is 0.289. The maximum absolute atomic E-state index is 15.1. The molecule has 0 bridgehead atoms. The molecule has 0 fully saturated rings. The molecule has 0 saturated heterocycles. The third-order valence-electron chi connectivity index (χ3n) is 6.68. The van der Waals surface area contributed by atoms with Gasteiger partial charge in [0.15, 0.2) is 34.8 Å². The van der Waals surface area contributed by atoms with Gasteiger partial charge in [0, 0.05) is 16.7 Å². The van der Waals surface area contributed by atoms with Crippen LogP contribution in [0.25, 0.3) is 16.7 Å². The fourth-order valence-corrected chi connectivity index (χ4v) is 4.52. The second-order valence-corrected chi connectivity index (χ2v) is 9.03. The van der Waals surface area contributed by atoms with Gasteiger partial charge >= 0.3 is 0 Å². The number of unbranched alkanes of at least 4 members (excludes halogenated alkanes) is 1. The quantitative estimate of drug-likeness (QED) is 0.230. The summed E-state index contributed by atoms with van der Waals surface area (Å²) in [4.78, 5) is 0. The highest BCUT2D eigenvalue weighted by molar-refractivity contribution is 5.69. The highest BCUT2D eigenvalue weighted by Gasteiger charge is 2.26. The number of rotatable bonds is 7. The van der Waals surface area contributed by atoms with Crippen molar-refractivity contribution in [3.8, 4) is 16.9 Å². The van der Waals surface area contributed by atoms with Crippen LogP contribution in [0.4, 0.5) is 26.3 Å². The van der Waals surface area contributed by atoms with E-state index in [1.807, 2.05) is 6.92 Å². The average molecular weight is 505 g/mol. The molecule has 1 atom stereocenters. The van der Waals surface area contributed by atoms with Crippen LogP contribution in [-0.2, 0) is 0 Å². The monoisotopic (exact) mass is 504 g/mol. The summed E-state index contributed by atoms with van der Waals surface area (Å²) in [6.07, 6.45) is 4.23. The Kier molecular flexibility index (Phi) is 7.76. The van der Waals surface area contributed by atoms with Crippen molar-refractivity contribution in [2.45, 2.75) is 51.9 Å². The zero-order chi connectivity index (χ0) is 26.0. The first-order chi connectivity index (χ1) is 17.2. The number of allylic oxidation sites excluding steroid dienone is 2. The Bertz CT molecular complexity index is 1310. The number of aryl methyl sites for hydroxylation is 1. The van der Waals surface area contributed by atoms with Crippen LogP contribution in [0.1, 0.15) is 61.6 Å². The van der Waals surface area contributed by atoms with E-state index in [0.29, 0.717) is 31.3 Å². The third kappa shape index (κ3) is 4.88. The predicted molar refractivity (Wildman–Crippen MR) is 128 cm³/mol. The van der Waals surface area contributed by atoms with Crippen LogP contribution in [-0.4, -0.2) is 6.61 Å². The molecule has 3 aromatic rings. The maximum Gasteiger partial charge on any atom is 0.201 e. The lowest BCUT2D eigenvalue weighted by Gasteiger charge is -2.24. The molecule has 4 rings (SSSR count). The van der Waals surface area contributed by atoms with Gasteiger partial charge < -0.3 is 4.74 Å². The Morgan fingerprint density at radius 2 is 1.39 bits per heavy atom. The van der Waals surface area contributed by atoms with E-state index in [1.165, 1.54) is 43.3 Å². The molecule has 0 amide bonds. The molecule has 1 aliphatic carbocycles. The smallest absolute Gasteiger partial charge is 0.201 e. The summed E-state index contributed by atoms with van der Waals surface area (Å²) in [5.74, 6) is -7.47. The van der Waals surface area contributed by atoms with Gasteiger partial charge in [0.1, 0.15) is 0 Å². The Morgan fingerprint density at radius 3 is 2.06 bits per heavy atom. The highest BCUT2D eigenvalue weighted by Crippen LogP contribution is 2.40. The van der Waals surface area contributed by atoms with Gasteiger partial charge in [-0.05, 0) is 67.4 Å². The fraction of sp³-hybridized carbons (Fsp3) is 0.310. The number of hydrogen-bond donors (Lipinski definition) is 0. The highest BCUT2D eigenvalue weighted by atomic mass is 19.2. The Hall–Kier alpha value is -3.22. The van der Waals surface area contributed by atoms with E-state index < -0.39 is 51.9 Å². The van der Waals surface area contributed by atoms with Gasteiger partial charge in [0.05, 0.1) is 6.61 Å². The summed E-state index contributed by atoms with van der Waals surface area (Å²) in [6, 6.07) is 7.99. The van der Waals surface area contributed by atoms with Crippen molar-refractivity contribution in [1.82, 2.24) is 0 Å². The van der Waals surface area contributed by atoms with Crippen LogP contribution in [0, 0.1) is 41.8 Å². The molecule has 1 unspecified atom stereocenters. The van der Waals surface area contributed by atoms with Crippen LogP contribution in [0.5, 0.6) is 5.75 Å². The van der Waals surface area contributed by atoms with E-state index in [1.54, 1.807) is 6.08 Å². The minimum absolute atomic E-state index is 0.0995. The molecule has 0 radical (unpaired) electrons. The predicted octanol–water partition coefficient (Wildman–Crippen LogP) is 9.03. The van der Waals surface area contributed by atoms with Gasteiger partial charge in [0.25, 0.3) is 0 Å². The molecule has 1 nitrogen and oxygen atoms in total. The first-order valence-corrected chi connectivity index (χ1v) is 12.0. The second kappa shape index (κ2) is 10.8. The van der Waals surface area contributed by atoms with Crippen LogP contribution in [0.3, 0.4) is 0 Å². The summed E-state index contributed by atoms with van der Waals surface area (Å²) in [7, 11) is 0. The zero-order valence-electron chi connectivity index (χ0n) is 20.0. The molecule has 36 heavy (non-hydrogen) atoms. The summed E-state index contributed by atoms with van der Waals surface area (Å²) >= 11 is 0. The van der Waals surface area contributed by atoms with E-state index in [-0.39, 0.29) is 29.0 Å². The molecule has 0 N–H and O–H groups in total. The SMILES string of the molecule is CCCCOc1ccc(-c2ccc(C3CC=C(c4ccc(C)c(F)c4F)CC3)c(F)c2F)c(F)c1F. The van der Waals surface area contributed by atoms with Gasteiger partial charge in [-0.15, -0.1) is 0 Å². The Morgan fingerprint density at radius 1 is 0.750 bits per heavy atom. The standard InChI is InChI=1S/C29H26F6O/c1-3-4-15-36-23-14-13-22(28(34)29(23)35)21-12-11-20(26(32)27(21)33)18-8-6-17(7-9-18)19-10-5-16(2)24(30)25(19)31/h5-6,10-14,18H,3-4,7-9,15H2,1-2H3. The summed E-state index contributed by atoms with van der Waals surface area (Å²) in [5, 5.41) is 0. The largest absolute Gasteiger partial charge is 0.490 e. The topological polar surface area (TPSA) is 9.23 Å². The second-order valence-electron chi connectivity index (χ2n) is 9.03. The average Bonchev–Trinajstić information content (AvgIpc) is 2.88. The number of ether oxygens (including phenoxy) is 1. The lowest BCUT2D eigenvalue weighted by Crippen LogP contribution is -2.09. The normalized spacial score (nSPS) is 15.7. The Balaban J connectivity index is 1.58. The Labute approximate surface area is 206 Å². The third-order valence-corrected chi connectivity index (χ3v) is 6.68. The molecule has 190 valence electrons. The zero-order valence-corrected chi connectivity index (χ0v) is 20.0. The van der Waals surface area contributed by atoms with Crippen molar-refractivity contribution in [2.24, 2.45) is 0 Å². The molecule has 1 aliphatic rings. The lowest BCUT2D eigenvalue weighted by atomic mass is 9.81. The first-order valence-electron chi connectivity index (χ1n) is 12.0.